The molecule has 2 rings (SSSR count). The van der Waals surface area contributed by atoms with Crippen molar-refractivity contribution in [3.8, 4) is 11.3 Å². The van der Waals surface area contributed by atoms with E-state index in [1.807, 2.05) is 13.8 Å². The van der Waals surface area contributed by atoms with Gasteiger partial charge in [-0.15, -0.1) is 0 Å². The van der Waals surface area contributed by atoms with Crippen LogP contribution in [0.15, 0.2) is 18.7 Å². The molecule has 0 spiro atoms. The van der Waals surface area contributed by atoms with Gasteiger partial charge in [0.25, 0.3) is 0 Å². The summed E-state index contributed by atoms with van der Waals surface area (Å²) in [5.41, 5.74) is 3.09. The quantitative estimate of drug-likeness (QED) is 0.740. The molecule has 15 heavy (non-hydrogen) atoms. The number of hydrogen-bond acceptors (Lipinski definition) is 4. The zero-order chi connectivity index (χ0) is 10.8. The molecular weight excluding hydrogens is 212 g/mol. The van der Waals surface area contributed by atoms with E-state index in [9.17, 15) is 0 Å². The van der Waals surface area contributed by atoms with Crippen LogP contribution in [0.4, 0.5) is 0 Å². The minimum absolute atomic E-state index is 0.382. The molecule has 0 bridgehead atoms. The van der Waals surface area contributed by atoms with Gasteiger partial charge in [-0.3, -0.25) is 0 Å². The molecule has 0 aliphatic heterocycles. The summed E-state index contributed by atoms with van der Waals surface area (Å²) in [6.07, 6.45) is 4.79. The van der Waals surface area contributed by atoms with Gasteiger partial charge < -0.3 is 0 Å². The molecule has 2 aromatic rings. The van der Waals surface area contributed by atoms with Crippen LogP contribution >= 0.6 is 11.6 Å². The maximum Gasteiger partial charge on any atom is 0.155 e. The van der Waals surface area contributed by atoms with E-state index in [0.29, 0.717) is 10.8 Å². The SMILES string of the molecule is Cc1nc(Cl)c(-c2cncnc2)nc1C. The summed E-state index contributed by atoms with van der Waals surface area (Å²) >= 11 is 6.01. The van der Waals surface area contributed by atoms with Gasteiger partial charge in [0.15, 0.2) is 5.15 Å². The molecule has 5 heteroatoms. The highest BCUT2D eigenvalue weighted by atomic mass is 35.5. The van der Waals surface area contributed by atoms with Crippen molar-refractivity contribution >= 4 is 11.6 Å². The van der Waals surface area contributed by atoms with Gasteiger partial charge in [0.05, 0.1) is 11.4 Å². The summed E-state index contributed by atoms with van der Waals surface area (Å²) in [6, 6.07) is 0. The predicted molar refractivity (Wildman–Crippen MR) is 57.5 cm³/mol. The highest BCUT2D eigenvalue weighted by Gasteiger charge is 2.09. The molecule has 0 saturated heterocycles. The van der Waals surface area contributed by atoms with Crippen molar-refractivity contribution < 1.29 is 0 Å². The van der Waals surface area contributed by atoms with Crippen LogP contribution < -0.4 is 0 Å². The second kappa shape index (κ2) is 3.90. The average Bonchev–Trinajstić information content (AvgIpc) is 2.25. The number of rotatable bonds is 1. The average molecular weight is 221 g/mol. The monoisotopic (exact) mass is 220 g/mol. The number of hydrogen-bond donors (Lipinski definition) is 0. The van der Waals surface area contributed by atoms with Crippen molar-refractivity contribution in [2.24, 2.45) is 0 Å². The van der Waals surface area contributed by atoms with Crippen molar-refractivity contribution in [2.45, 2.75) is 13.8 Å². The van der Waals surface area contributed by atoms with Crippen LogP contribution in [0.5, 0.6) is 0 Å². The molecule has 2 aromatic heterocycles. The molecule has 4 nitrogen and oxygen atoms in total. The summed E-state index contributed by atoms with van der Waals surface area (Å²) < 4.78 is 0. The third-order valence-corrected chi connectivity index (χ3v) is 2.36. The van der Waals surface area contributed by atoms with Gasteiger partial charge in [-0.2, -0.15) is 0 Å². The first-order valence-electron chi connectivity index (χ1n) is 4.44. The molecule has 0 aromatic carbocycles. The largest absolute Gasteiger partial charge is 0.248 e. The van der Waals surface area contributed by atoms with Gasteiger partial charge in [0, 0.05) is 18.0 Å². The van der Waals surface area contributed by atoms with Crippen LogP contribution in [-0.2, 0) is 0 Å². The Kier molecular flexibility index (Phi) is 2.60. The number of nitrogens with zero attached hydrogens (tertiary/aromatic N) is 4. The molecule has 2 heterocycles. The van der Waals surface area contributed by atoms with Gasteiger partial charge in [-0.25, -0.2) is 19.9 Å². The van der Waals surface area contributed by atoms with Crippen molar-refractivity contribution in [3.05, 3.63) is 35.3 Å². The van der Waals surface area contributed by atoms with E-state index in [-0.39, 0.29) is 0 Å². The zero-order valence-corrected chi connectivity index (χ0v) is 9.15. The first-order chi connectivity index (χ1) is 7.18. The Bertz CT molecular complexity index is 484. The van der Waals surface area contributed by atoms with E-state index in [0.717, 1.165) is 17.0 Å². The maximum absolute atomic E-state index is 6.01. The van der Waals surface area contributed by atoms with Crippen LogP contribution in [0.1, 0.15) is 11.4 Å². The van der Waals surface area contributed by atoms with E-state index < -0.39 is 0 Å². The van der Waals surface area contributed by atoms with Crippen LogP contribution in [0.2, 0.25) is 5.15 Å². The van der Waals surface area contributed by atoms with E-state index in [2.05, 4.69) is 19.9 Å². The van der Waals surface area contributed by atoms with Crippen molar-refractivity contribution in [2.75, 3.05) is 0 Å². The predicted octanol–water partition coefficient (Wildman–Crippen LogP) is 2.20. The van der Waals surface area contributed by atoms with Crippen LogP contribution in [-0.4, -0.2) is 19.9 Å². The Balaban J connectivity index is 2.59. The minimum atomic E-state index is 0.382. The number of aryl methyl sites for hydroxylation is 2. The third-order valence-electron chi connectivity index (χ3n) is 2.10. The van der Waals surface area contributed by atoms with Gasteiger partial charge in [-0.1, -0.05) is 11.6 Å². The lowest BCUT2D eigenvalue weighted by Crippen LogP contribution is -1.96. The summed E-state index contributed by atoms with van der Waals surface area (Å²) in [6.45, 7) is 3.77. The smallest absolute Gasteiger partial charge is 0.155 e. The lowest BCUT2D eigenvalue weighted by atomic mass is 10.2. The fourth-order valence-electron chi connectivity index (χ4n) is 1.18. The minimum Gasteiger partial charge on any atom is -0.248 e. The fraction of sp³-hybridized carbons (Fsp3) is 0.200. The van der Waals surface area contributed by atoms with Crippen LogP contribution in [0.25, 0.3) is 11.3 Å². The summed E-state index contributed by atoms with van der Waals surface area (Å²) in [5, 5.41) is 0.382. The molecule has 0 amide bonds. The van der Waals surface area contributed by atoms with E-state index in [1.54, 1.807) is 12.4 Å². The normalized spacial score (nSPS) is 10.3. The van der Waals surface area contributed by atoms with Gasteiger partial charge in [0.1, 0.15) is 12.0 Å². The maximum atomic E-state index is 6.01. The zero-order valence-electron chi connectivity index (χ0n) is 8.40. The Morgan fingerprint density at radius 2 is 1.60 bits per heavy atom. The number of aromatic nitrogens is 4. The summed E-state index contributed by atoms with van der Waals surface area (Å²) in [5.74, 6) is 0. The second-order valence-electron chi connectivity index (χ2n) is 3.16. The topological polar surface area (TPSA) is 51.6 Å². The molecule has 0 unspecified atom stereocenters. The Labute approximate surface area is 92.4 Å². The first kappa shape index (κ1) is 9.98. The lowest BCUT2D eigenvalue weighted by Gasteiger charge is -2.05. The van der Waals surface area contributed by atoms with Crippen molar-refractivity contribution in [1.82, 2.24) is 19.9 Å². The molecule has 0 N–H and O–H groups in total. The molecule has 0 aliphatic rings. The first-order valence-corrected chi connectivity index (χ1v) is 4.82. The third kappa shape index (κ3) is 1.94. The lowest BCUT2D eigenvalue weighted by molar-refractivity contribution is 1.05. The van der Waals surface area contributed by atoms with Gasteiger partial charge >= 0.3 is 0 Å². The standard InChI is InChI=1S/C10H9ClN4/c1-6-7(2)15-10(11)9(14-6)8-3-12-5-13-4-8/h3-5H,1-2H3. The Morgan fingerprint density at radius 3 is 2.27 bits per heavy atom. The van der Waals surface area contributed by atoms with Crippen molar-refractivity contribution in [1.29, 1.82) is 0 Å². The highest BCUT2D eigenvalue weighted by Crippen LogP contribution is 2.23. The second-order valence-corrected chi connectivity index (χ2v) is 3.52. The summed E-state index contributed by atoms with van der Waals surface area (Å²) in [7, 11) is 0. The molecule has 0 radical (unpaired) electrons. The Hall–Kier alpha value is -1.55. The number of halogens is 1. The highest BCUT2D eigenvalue weighted by molar-refractivity contribution is 6.31. The molecule has 0 fully saturated rings. The molecule has 0 aliphatic carbocycles. The molecule has 0 atom stereocenters. The van der Waals surface area contributed by atoms with E-state index in [1.165, 1.54) is 6.33 Å². The van der Waals surface area contributed by atoms with E-state index >= 15 is 0 Å². The van der Waals surface area contributed by atoms with E-state index in [4.69, 9.17) is 11.6 Å². The summed E-state index contributed by atoms with van der Waals surface area (Å²) in [4.78, 5) is 16.4. The van der Waals surface area contributed by atoms with Crippen LogP contribution in [0, 0.1) is 13.8 Å². The molecule has 0 saturated carbocycles. The van der Waals surface area contributed by atoms with Gasteiger partial charge in [-0.05, 0) is 13.8 Å². The Morgan fingerprint density at radius 1 is 1.00 bits per heavy atom. The van der Waals surface area contributed by atoms with Gasteiger partial charge in [0.2, 0.25) is 0 Å². The molecule has 76 valence electrons. The fourth-order valence-corrected chi connectivity index (χ4v) is 1.46. The molecular formula is C10H9ClN4. The van der Waals surface area contributed by atoms with Crippen LogP contribution in [0.3, 0.4) is 0 Å². The van der Waals surface area contributed by atoms with Crippen molar-refractivity contribution in [3.63, 3.8) is 0 Å².